The quantitative estimate of drug-likeness (QED) is 0.842. The van der Waals surface area contributed by atoms with Crippen LogP contribution in [0.4, 0.5) is 0 Å². The molecule has 1 amide bonds. The minimum Gasteiger partial charge on any atom is -0.352 e. The van der Waals surface area contributed by atoms with Gasteiger partial charge in [-0.25, -0.2) is 0 Å². The van der Waals surface area contributed by atoms with Gasteiger partial charge in [0.1, 0.15) is 0 Å². The van der Waals surface area contributed by atoms with Gasteiger partial charge in [-0.05, 0) is 36.0 Å². The fourth-order valence-corrected chi connectivity index (χ4v) is 2.49. The first-order valence-electron chi connectivity index (χ1n) is 6.56. The second kappa shape index (κ2) is 7.16. The largest absolute Gasteiger partial charge is 0.352 e. The van der Waals surface area contributed by atoms with Crippen LogP contribution >= 0.6 is 23.2 Å². The Kier molecular flexibility index (Phi) is 6.15. The van der Waals surface area contributed by atoms with Crippen LogP contribution in [0, 0.1) is 17.8 Å². The molecule has 0 atom stereocenters. The number of hydrogen-bond donors (Lipinski definition) is 1. The Morgan fingerprint density at radius 1 is 1.11 bits per heavy atom. The van der Waals surface area contributed by atoms with E-state index in [4.69, 9.17) is 23.2 Å². The van der Waals surface area contributed by atoms with Crippen LogP contribution in [0.3, 0.4) is 0 Å². The molecule has 0 aliphatic carbocycles. The molecule has 0 heterocycles. The molecule has 0 saturated carbocycles. The summed E-state index contributed by atoms with van der Waals surface area (Å²) in [5, 5.41) is 3.83. The molecule has 0 bridgehead atoms. The lowest BCUT2D eigenvalue weighted by Crippen LogP contribution is -2.33. The molecule has 0 radical (unpaired) electrons. The van der Waals surface area contributed by atoms with Crippen molar-refractivity contribution in [2.75, 3.05) is 6.54 Å². The summed E-state index contributed by atoms with van der Waals surface area (Å²) in [6, 6.07) is 4.92. The molecule has 0 unspecified atom stereocenters. The van der Waals surface area contributed by atoms with Crippen molar-refractivity contribution >= 4 is 29.1 Å². The van der Waals surface area contributed by atoms with Crippen molar-refractivity contribution in [2.24, 2.45) is 17.8 Å². The van der Waals surface area contributed by atoms with E-state index in [1.165, 1.54) is 0 Å². The highest BCUT2D eigenvalue weighted by Gasteiger charge is 2.18. The fourth-order valence-electron chi connectivity index (χ4n) is 2.19. The predicted octanol–water partition coefficient (Wildman–Crippen LogP) is 4.65. The zero-order valence-electron chi connectivity index (χ0n) is 11.8. The molecule has 19 heavy (non-hydrogen) atoms. The average molecular weight is 302 g/mol. The van der Waals surface area contributed by atoms with E-state index in [1.807, 2.05) is 0 Å². The normalized spacial score (nSPS) is 11.4. The minimum atomic E-state index is -0.107. The first-order chi connectivity index (χ1) is 8.82. The lowest BCUT2D eigenvalue weighted by molar-refractivity contribution is 0.0937. The third kappa shape index (κ3) is 4.70. The van der Waals surface area contributed by atoms with Crippen LogP contribution in [-0.4, -0.2) is 12.5 Å². The van der Waals surface area contributed by atoms with Gasteiger partial charge in [0, 0.05) is 12.1 Å². The molecule has 1 rings (SSSR count). The van der Waals surface area contributed by atoms with Gasteiger partial charge in [0.2, 0.25) is 0 Å². The van der Waals surface area contributed by atoms with Crippen molar-refractivity contribution in [2.45, 2.75) is 27.7 Å². The lowest BCUT2D eigenvalue weighted by atomic mass is 9.85. The fraction of sp³-hybridized carbons (Fsp3) is 0.533. The van der Waals surface area contributed by atoms with Gasteiger partial charge < -0.3 is 5.32 Å². The molecule has 0 saturated heterocycles. The van der Waals surface area contributed by atoms with Crippen molar-refractivity contribution in [3.8, 4) is 0 Å². The smallest absolute Gasteiger partial charge is 0.251 e. The maximum absolute atomic E-state index is 12.0. The highest BCUT2D eigenvalue weighted by Crippen LogP contribution is 2.23. The van der Waals surface area contributed by atoms with Crippen LogP contribution in [0.25, 0.3) is 0 Å². The number of rotatable bonds is 5. The summed E-state index contributed by atoms with van der Waals surface area (Å²) in [6.07, 6.45) is 0. The molecule has 106 valence electrons. The number of hydrogen-bond acceptors (Lipinski definition) is 1. The number of carbonyl (C=O) groups excluding carboxylic acids is 1. The second-order valence-electron chi connectivity index (χ2n) is 5.49. The number of nitrogens with one attached hydrogen (secondary N) is 1. The summed E-state index contributed by atoms with van der Waals surface area (Å²) in [7, 11) is 0. The van der Waals surface area contributed by atoms with Gasteiger partial charge in [-0.15, -0.1) is 0 Å². The molecule has 4 heteroatoms. The number of benzene rings is 1. The molecule has 0 spiro atoms. The molecule has 0 fully saturated rings. The second-order valence-corrected chi connectivity index (χ2v) is 6.31. The van der Waals surface area contributed by atoms with Gasteiger partial charge >= 0.3 is 0 Å². The lowest BCUT2D eigenvalue weighted by Gasteiger charge is -2.25. The van der Waals surface area contributed by atoms with Gasteiger partial charge in [-0.3, -0.25) is 4.79 Å². The number of halogens is 2. The number of carbonyl (C=O) groups is 1. The Morgan fingerprint density at radius 3 is 2.16 bits per heavy atom. The molecular formula is C15H21Cl2NO. The van der Waals surface area contributed by atoms with E-state index in [2.05, 4.69) is 33.0 Å². The molecule has 0 aliphatic rings. The summed E-state index contributed by atoms with van der Waals surface area (Å²) in [5.74, 6) is 1.43. The topological polar surface area (TPSA) is 29.1 Å². The van der Waals surface area contributed by atoms with Gasteiger partial charge in [0.15, 0.2) is 0 Å². The van der Waals surface area contributed by atoms with Gasteiger partial charge in [-0.2, -0.15) is 0 Å². The van der Waals surface area contributed by atoms with Crippen LogP contribution in [0.15, 0.2) is 18.2 Å². The molecule has 1 aromatic carbocycles. The van der Waals surface area contributed by atoms with Crippen LogP contribution in [0.1, 0.15) is 38.1 Å². The van der Waals surface area contributed by atoms with Crippen molar-refractivity contribution in [1.82, 2.24) is 5.32 Å². The van der Waals surface area contributed by atoms with Crippen LogP contribution in [0.5, 0.6) is 0 Å². The monoisotopic (exact) mass is 301 g/mol. The summed E-state index contributed by atoms with van der Waals surface area (Å²) in [6.45, 7) is 9.38. The highest BCUT2D eigenvalue weighted by molar-refractivity contribution is 6.42. The Labute approximate surface area is 125 Å². The SMILES string of the molecule is CC(C)C(CNC(=O)c1ccc(Cl)c(Cl)c1)C(C)C. The Hall–Kier alpha value is -0.730. The van der Waals surface area contributed by atoms with E-state index < -0.39 is 0 Å². The third-order valence-corrected chi connectivity index (χ3v) is 4.13. The Bertz CT molecular complexity index is 436. The van der Waals surface area contributed by atoms with E-state index in [0.717, 1.165) is 0 Å². The minimum absolute atomic E-state index is 0.107. The molecular weight excluding hydrogens is 281 g/mol. The van der Waals surface area contributed by atoms with E-state index in [9.17, 15) is 4.79 Å². The summed E-state index contributed by atoms with van der Waals surface area (Å²) < 4.78 is 0. The van der Waals surface area contributed by atoms with Crippen LogP contribution in [-0.2, 0) is 0 Å². The van der Waals surface area contributed by atoms with Gasteiger partial charge in [0.05, 0.1) is 10.0 Å². The molecule has 0 aliphatic heterocycles. The first-order valence-corrected chi connectivity index (χ1v) is 7.31. The maximum Gasteiger partial charge on any atom is 0.251 e. The van der Waals surface area contributed by atoms with Crippen LogP contribution in [0.2, 0.25) is 10.0 Å². The third-order valence-electron chi connectivity index (χ3n) is 3.39. The average Bonchev–Trinajstić information content (AvgIpc) is 2.31. The summed E-state index contributed by atoms with van der Waals surface area (Å²) in [5.41, 5.74) is 0.542. The summed E-state index contributed by atoms with van der Waals surface area (Å²) >= 11 is 11.7. The zero-order valence-corrected chi connectivity index (χ0v) is 13.3. The Morgan fingerprint density at radius 2 is 1.68 bits per heavy atom. The first kappa shape index (κ1) is 16.3. The van der Waals surface area contributed by atoms with E-state index in [1.54, 1.807) is 18.2 Å². The maximum atomic E-state index is 12.0. The molecule has 1 aromatic rings. The Balaban J connectivity index is 2.66. The van der Waals surface area contributed by atoms with Crippen molar-refractivity contribution in [1.29, 1.82) is 0 Å². The summed E-state index contributed by atoms with van der Waals surface area (Å²) in [4.78, 5) is 12.0. The van der Waals surface area contributed by atoms with Gasteiger partial charge in [-0.1, -0.05) is 50.9 Å². The highest BCUT2D eigenvalue weighted by atomic mass is 35.5. The van der Waals surface area contributed by atoms with Crippen LogP contribution < -0.4 is 5.32 Å². The standard InChI is InChI=1S/C15H21Cl2NO/c1-9(2)12(10(3)4)8-18-15(19)11-5-6-13(16)14(17)7-11/h5-7,9-10,12H,8H2,1-4H3,(H,18,19). The van der Waals surface area contributed by atoms with E-state index >= 15 is 0 Å². The van der Waals surface area contributed by atoms with Gasteiger partial charge in [0.25, 0.3) is 5.91 Å². The predicted molar refractivity (Wildman–Crippen MR) is 82.0 cm³/mol. The van der Waals surface area contributed by atoms with Crippen molar-refractivity contribution in [3.63, 3.8) is 0 Å². The number of amides is 1. The van der Waals surface area contributed by atoms with E-state index in [-0.39, 0.29) is 5.91 Å². The molecule has 1 N–H and O–H groups in total. The van der Waals surface area contributed by atoms with Crippen molar-refractivity contribution in [3.05, 3.63) is 33.8 Å². The molecule has 2 nitrogen and oxygen atoms in total. The van der Waals surface area contributed by atoms with Crippen molar-refractivity contribution < 1.29 is 4.79 Å². The zero-order chi connectivity index (χ0) is 14.6. The molecule has 0 aromatic heterocycles. The van der Waals surface area contributed by atoms with E-state index in [0.29, 0.717) is 39.9 Å².